The molecule has 0 N–H and O–H groups in total. The van der Waals surface area contributed by atoms with Gasteiger partial charge in [0.15, 0.2) is 11.3 Å². The molecule has 4 aromatic heterocycles. The maximum atomic E-state index is 12.9. The number of alkyl halides is 12. The van der Waals surface area contributed by atoms with Gasteiger partial charge in [-0.05, 0) is 60.7 Å². The first-order valence-electron chi connectivity index (χ1n) is 13.1. The van der Waals surface area contributed by atoms with E-state index in [0.29, 0.717) is 9.03 Å². The molecular formula is C27H10ClF12N9O2. The highest BCUT2D eigenvalue weighted by atomic mass is 35.5. The summed E-state index contributed by atoms with van der Waals surface area (Å²) in [6.45, 7) is 0. The van der Waals surface area contributed by atoms with Crippen molar-refractivity contribution in [2.75, 3.05) is 0 Å². The van der Waals surface area contributed by atoms with E-state index in [1.54, 1.807) is 6.07 Å². The normalized spacial score (nSPS) is 12.4. The van der Waals surface area contributed by atoms with Crippen LogP contribution in [0.3, 0.4) is 0 Å². The fourth-order valence-electron chi connectivity index (χ4n) is 4.15. The smallest absolute Gasteiger partial charge is 0.406 e. The van der Waals surface area contributed by atoms with Crippen LogP contribution >= 0.6 is 11.6 Å². The van der Waals surface area contributed by atoms with E-state index in [1.165, 1.54) is 18.2 Å². The first-order valence-corrected chi connectivity index (χ1v) is 13.5. The highest BCUT2D eigenvalue weighted by molar-refractivity contribution is 6.33. The van der Waals surface area contributed by atoms with Crippen LogP contribution in [0.4, 0.5) is 52.7 Å². The third-order valence-corrected chi connectivity index (χ3v) is 6.43. The first kappa shape index (κ1) is 36.4. The summed E-state index contributed by atoms with van der Waals surface area (Å²) in [6.07, 6.45) is -19.6. The molecule has 0 aliphatic carbocycles. The van der Waals surface area contributed by atoms with Gasteiger partial charge in [-0.2, -0.15) is 50.8 Å². The molecule has 266 valence electrons. The minimum Gasteiger partial charge on any atom is -0.406 e. The molecule has 0 bridgehead atoms. The molecule has 0 saturated carbocycles. The van der Waals surface area contributed by atoms with Crippen molar-refractivity contribution < 1.29 is 62.2 Å². The molecule has 51 heavy (non-hydrogen) atoms. The van der Waals surface area contributed by atoms with Crippen LogP contribution in [0.25, 0.3) is 33.8 Å². The third kappa shape index (κ3) is 8.46. The number of benzene rings is 2. The minimum absolute atomic E-state index is 0.0250. The van der Waals surface area contributed by atoms with Crippen molar-refractivity contribution in [3.63, 3.8) is 0 Å². The van der Waals surface area contributed by atoms with E-state index >= 15 is 0 Å². The molecule has 24 heteroatoms. The van der Waals surface area contributed by atoms with Gasteiger partial charge in [0.05, 0.1) is 28.0 Å². The van der Waals surface area contributed by atoms with Crippen LogP contribution in [0.1, 0.15) is 17.2 Å². The standard InChI is InChI=1S/C14H5F6N5O.C13H5ClF6N4O/c15-13(16,17)12-23-22-11-4-3-10(24-25(11)12)9-5-8(26-14(18,19)20)2-1-7(9)6-21;14-8-2-1-6(25-13(18,19)20)5-7(8)9-3-4-10-21-22-11(12(15,16)17)24(10)23-9/h1-5H;1-5H. The van der Waals surface area contributed by atoms with Crippen molar-refractivity contribution >= 4 is 22.9 Å². The van der Waals surface area contributed by atoms with Crippen LogP contribution in [-0.2, 0) is 12.4 Å². The Morgan fingerprint density at radius 1 is 0.569 bits per heavy atom. The van der Waals surface area contributed by atoms with E-state index in [-0.39, 0.29) is 44.4 Å². The number of aromatic nitrogens is 8. The average Bonchev–Trinajstić information content (AvgIpc) is 3.65. The van der Waals surface area contributed by atoms with Crippen LogP contribution in [0.2, 0.25) is 5.02 Å². The Morgan fingerprint density at radius 2 is 1.00 bits per heavy atom. The zero-order valence-corrected chi connectivity index (χ0v) is 24.8. The van der Waals surface area contributed by atoms with Crippen LogP contribution in [0.15, 0.2) is 60.7 Å². The van der Waals surface area contributed by atoms with Crippen molar-refractivity contribution in [1.82, 2.24) is 39.6 Å². The van der Waals surface area contributed by atoms with Gasteiger partial charge < -0.3 is 9.47 Å². The summed E-state index contributed by atoms with van der Waals surface area (Å²) in [4.78, 5) is 0. The van der Waals surface area contributed by atoms with Gasteiger partial charge in [0.1, 0.15) is 11.5 Å². The van der Waals surface area contributed by atoms with Gasteiger partial charge in [-0.25, -0.2) is 0 Å². The molecule has 2 aromatic carbocycles. The van der Waals surface area contributed by atoms with Crippen molar-refractivity contribution in [2.45, 2.75) is 25.1 Å². The zero-order valence-electron chi connectivity index (χ0n) is 24.0. The van der Waals surface area contributed by atoms with Gasteiger partial charge in [-0.3, -0.25) is 0 Å². The SMILES string of the molecule is FC(F)(F)Oc1ccc(Cl)c(-c2ccc3nnc(C(F)(F)F)n3n2)c1.N#Cc1ccc(OC(F)(F)F)cc1-c1ccc2nnc(C(F)(F)F)n2n1. The molecule has 0 amide bonds. The molecule has 0 radical (unpaired) electrons. The van der Waals surface area contributed by atoms with E-state index in [9.17, 15) is 52.7 Å². The Balaban J connectivity index is 0.000000198. The van der Waals surface area contributed by atoms with E-state index < -0.39 is 48.2 Å². The Kier molecular flexibility index (Phi) is 9.33. The summed E-state index contributed by atoms with van der Waals surface area (Å²) in [6, 6.07) is 12.3. The summed E-state index contributed by atoms with van der Waals surface area (Å²) < 4.78 is 160. The molecule has 0 saturated heterocycles. The Labute approximate surface area is 278 Å². The van der Waals surface area contributed by atoms with Crippen molar-refractivity contribution in [3.05, 3.63) is 82.9 Å². The van der Waals surface area contributed by atoms with Gasteiger partial charge in [-0.15, -0.1) is 46.7 Å². The van der Waals surface area contributed by atoms with Crippen molar-refractivity contribution in [2.24, 2.45) is 0 Å². The number of fused-ring (bicyclic) bond motifs is 2. The van der Waals surface area contributed by atoms with Gasteiger partial charge in [0.25, 0.3) is 11.6 Å². The number of halogens is 13. The Morgan fingerprint density at radius 3 is 1.43 bits per heavy atom. The fraction of sp³-hybridized carbons (Fsp3) is 0.148. The first-order chi connectivity index (χ1) is 23.6. The maximum absolute atomic E-state index is 12.9. The van der Waals surface area contributed by atoms with E-state index in [1.807, 2.05) is 0 Å². The van der Waals surface area contributed by atoms with Crippen LogP contribution in [0, 0.1) is 11.3 Å². The molecule has 6 rings (SSSR count). The summed E-state index contributed by atoms with van der Waals surface area (Å²) in [5, 5.41) is 29.2. The van der Waals surface area contributed by atoms with E-state index in [4.69, 9.17) is 16.9 Å². The fourth-order valence-corrected chi connectivity index (χ4v) is 4.36. The highest BCUT2D eigenvalue weighted by Crippen LogP contribution is 2.35. The summed E-state index contributed by atoms with van der Waals surface area (Å²) >= 11 is 5.92. The molecule has 0 unspecified atom stereocenters. The Bertz CT molecular complexity index is 2270. The van der Waals surface area contributed by atoms with Crippen LogP contribution < -0.4 is 9.47 Å². The van der Waals surface area contributed by atoms with Gasteiger partial charge in [0, 0.05) is 11.1 Å². The monoisotopic (exact) mass is 755 g/mol. The number of nitriles is 1. The van der Waals surface area contributed by atoms with Gasteiger partial charge in [0.2, 0.25) is 0 Å². The molecule has 11 nitrogen and oxygen atoms in total. The number of hydrogen-bond donors (Lipinski definition) is 0. The number of hydrogen-bond acceptors (Lipinski definition) is 9. The molecule has 0 aliphatic heterocycles. The minimum atomic E-state index is -4.97. The summed E-state index contributed by atoms with van der Waals surface area (Å²) in [5.41, 5.74) is -1.00. The second-order valence-corrected chi connectivity index (χ2v) is 9.98. The lowest BCUT2D eigenvalue weighted by Gasteiger charge is -2.11. The topological polar surface area (TPSA) is 128 Å². The quantitative estimate of drug-likeness (QED) is 0.165. The lowest BCUT2D eigenvalue weighted by Crippen LogP contribution is -2.17. The highest BCUT2D eigenvalue weighted by Gasteiger charge is 2.39. The molecule has 0 aliphatic rings. The molecule has 0 fully saturated rings. The second-order valence-electron chi connectivity index (χ2n) is 9.58. The van der Waals surface area contributed by atoms with Crippen LogP contribution in [0.5, 0.6) is 11.5 Å². The molecule has 4 heterocycles. The number of rotatable bonds is 4. The molecular weight excluding hydrogens is 746 g/mol. The number of ether oxygens (including phenoxy) is 2. The molecule has 0 atom stereocenters. The summed E-state index contributed by atoms with van der Waals surface area (Å²) in [5.74, 6) is -4.01. The van der Waals surface area contributed by atoms with E-state index in [0.717, 1.165) is 42.5 Å². The van der Waals surface area contributed by atoms with Gasteiger partial charge >= 0.3 is 25.1 Å². The van der Waals surface area contributed by atoms with Crippen molar-refractivity contribution in [3.8, 4) is 40.1 Å². The van der Waals surface area contributed by atoms with E-state index in [2.05, 4.69) is 40.1 Å². The Hall–Kier alpha value is -5.92. The van der Waals surface area contributed by atoms with Gasteiger partial charge in [-0.1, -0.05) is 11.6 Å². The predicted molar refractivity (Wildman–Crippen MR) is 146 cm³/mol. The van der Waals surface area contributed by atoms with Crippen LogP contribution in [-0.4, -0.2) is 52.3 Å². The lowest BCUT2D eigenvalue weighted by atomic mass is 10.0. The third-order valence-electron chi connectivity index (χ3n) is 6.10. The average molecular weight is 756 g/mol. The largest absolute Gasteiger partial charge is 0.573 e. The molecule has 0 spiro atoms. The summed E-state index contributed by atoms with van der Waals surface area (Å²) in [7, 11) is 0. The van der Waals surface area contributed by atoms with Crippen molar-refractivity contribution in [1.29, 1.82) is 5.26 Å². The predicted octanol–water partition coefficient (Wildman–Crippen LogP) is 7.94. The lowest BCUT2D eigenvalue weighted by molar-refractivity contribution is -0.275. The number of nitrogens with zero attached hydrogens (tertiary/aromatic N) is 9. The second kappa shape index (κ2) is 13.1. The zero-order chi connectivity index (χ0) is 37.5. The molecule has 6 aromatic rings. The maximum Gasteiger partial charge on any atom is 0.573 e.